The first-order chi connectivity index (χ1) is 10.0. The van der Waals surface area contributed by atoms with Crippen LogP contribution in [0.5, 0.6) is 0 Å². The molecule has 1 atom stereocenters. The molecule has 1 unspecified atom stereocenters. The molecule has 1 saturated heterocycles. The van der Waals surface area contributed by atoms with Crippen LogP contribution in [0.2, 0.25) is 5.02 Å². The number of carbonyl (C=O) groups excluding carboxylic acids is 1. The Morgan fingerprint density at radius 2 is 2.05 bits per heavy atom. The molecule has 1 aromatic carbocycles. The van der Waals surface area contributed by atoms with Gasteiger partial charge in [0, 0.05) is 41.2 Å². The molecule has 0 spiro atoms. The smallest absolute Gasteiger partial charge is 0.254 e. The third-order valence-corrected chi connectivity index (χ3v) is 4.36. The minimum absolute atomic E-state index is 0.0112. The Labute approximate surface area is 138 Å². The van der Waals surface area contributed by atoms with Crippen LogP contribution in [0.3, 0.4) is 0 Å². The van der Waals surface area contributed by atoms with Gasteiger partial charge in [-0.2, -0.15) is 5.26 Å². The van der Waals surface area contributed by atoms with E-state index in [-0.39, 0.29) is 11.9 Å². The lowest BCUT2D eigenvalue weighted by Crippen LogP contribution is -2.51. The summed E-state index contributed by atoms with van der Waals surface area (Å²) >= 11 is 9.34. The number of benzene rings is 1. The summed E-state index contributed by atoms with van der Waals surface area (Å²) in [5, 5.41) is 9.64. The molecule has 0 aromatic heterocycles. The monoisotopic (exact) mass is 369 g/mol. The number of piperazine rings is 1. The average Bonchev–Trinajstić information content (AvgIpc) is 2.47. The SMILES string of the molecule is CCC(C#N)N1CCN(C(=O)c2cc(Cl)cc(Br)c2)CC1. The van der Waals surface area contributed by atoms with Crippen molar-refractivity contribution in [1.29, 1.82) is 5.26 Å². The molecular formula is C15H17BrClN3O. The van der Waals surface area contributed by atoms with Crippen LogP contribution in [0.4, 0.5) is 0 Å². The Kier molecular flexibility index (Phi) is 5.63. The lowest BCUT2D eigenvalue weighted by molar-refractivity contribution is 0.0604. The summed E-state index contributed by atoms with van der Waals surface area (Å²) in [6.07, 6.45) is 0.811. The van der Waals surface area contributed by atoms with Gasteiger partial charge in [-0.05, 0) is 24.6 Å². The fourth-order valence-electron chi connectivity index (χ4n) is 2.53. The van der Waals surface area contributed by atoms with Crippen molar-refractivity contribution < 1.29 is 4.79 Å². The molecule has 6 heteroatoms. The Balaban J connectivity index is 2.02. The second-order valence-electron chi connectivity index (χ2n) is 5.04. The van der Waals surface area contributed by atoms with E-state index in [0.29, 0.717) is 23.7 Å². The van der Waals surface area contributed by atoms with Crippen LogP contribution in [-0.2, 0) is 0 Å². The van der Waals surface area contributed by atoms with Gasteiger partial charge >= 0.3 is 0 Å². The predicted octanol–water partition coefficient (Wildman–Crippen LogP) is 3.16. The van der Waals surface area contributed by atoms with Crippen molar-refractivity contribution in [3.05, 3.63) is 33.3 Å². The molecule has 0 saturated carbocycles. The molecule has 1 aliphatic heterocycles. The van der Waals surface area contributed by atoms with E-state index in [1.807, 2.05) is 11.8 Å². The van der Waals surface area contributed by atoms with Crippen molar-refractivity contribution in [2.24, 2.45) is 0 Å². The third kappa shape index (κ3) is 3.97. The number of amides is 1. The van der Waals surface area contributed by atoms with Gasteiger partial charge in [-0.15, -0.1) is 0 Å². The summed E-state index contributed by atoms with van der Waals surface area (Å²) < 4.78 is 0.799. The molecule has 4 nitrogen and oxygen atoms in total. The topological polar surface area (TPSA) is 47.3 Å². The summed E-state index contributed by atoms with van der Waals surface area (Å²) in [6.45, 7) is 4.76. The van der Waals surface area contributed by atoms with E-state index >= 15 is 0 Å². The lowest BCUT2D eigenvalue weighted by Gasteiger charge is -2.36. The maximum absolute atomic E-state index is 12.5. The summed E-state index contributed by atoms with van der Waals surface area (Å²) in [5.41, 5.74) is 0.593. The van der Waals surface area contributed by atoms with Crippen LogP contribution in [-0.4, -0.2) is 47.9 Å². The van der Waals surface area contributed by atoms with Gasteiger partial charge in [-0.1, -0.05) is 34.5 Å². The standard InChI is InChI=1S/C15H17BrClN3O/c1-2-14(10-18)19-3-5-20(6-4-19)15(21)11-7-12(16)9-13(17)8-11/h7-9,14H,2-6H2,1H3. The molecule has 2 rings (SSSR count). The van der Waals surface area contributed by atoms with Crippen LogP contribution < -0.4 is 0 Å². The number of rotatable bonds is 3. The van der Waals surface area contributed by atoms with Crippen LogP contribution in [0.1, 0.15) is 23.7 Å². The second-order valence-corrected chi connectivity index (χ2v) is 6.39. The Bertz CT molecular complexity index is 544. The van der Waals surface area contributed by atoms with Crippen LogP contribution >= 0.6 is 27.5 Å². The van der Waals surface area contributed by atoms with Gasteiger partial charge in [-0.3, -0.25) is 9.69 Å². The fourth-order valence-corrected chi connectivity index (χ4v) is 3.39. The number of hydrogen-bond donors (Lipinski definition) is 0. The van der Waals surface area contributed by atoms with Gasteiger partial charge in [0.15, 0.2) is 0 Å². The Hall–Kier alpha value is -1.09. The second kappa shape index (κ2) is 7.26. The predicted molar refractivity (Wildman–Crippen MR) is 86.3 cm³/mol. The quantitative estimate of drug-likeness (QED) is 0.821. The van der Waals surface area contributed by atoms with Crippen molar-refractivity contribution in [3.63, 3.8) is 0 Å². The van der Waals surface area contributed by atoms with Gasteiger partial charge in [0.05, 0.1) is 12.1 Å². The molecule has 1 heterocycles. The van der Waals surface area contributed by atoms with Gasteiger partial charge in [0.25, 0.3) is 5.91 Å². The summed E-state index contributed by atoms with van der Waals surface area (Å²) in [4.78, 5) is 16.4. The van der Waals surface area contributed by atoms with E-state index in [0.717, 1.165) is 24.0 Å². The number of nitriles is 1. The highest BCUT2D eigenvalue weighted by molar-refractivity contribution is 9.10. The number of hydrogen-bond acceptors (Lipinski definition) is 3. The van der Waals surface area contributed by atoms with Gasteiger partial charge < -0.3 is 4.90 Å². The van der Waals surface area contributed by atoms with Crippen LogP contribution in [0.15, 0.2) is 22.7 Å². The summed E-state index contributed by atoms with van der Waals surface area (Å²) in [5.74, 6) is -0.0112. The molecule has 21 heavy (non-hydrogen) atoms. The molecule has 1 aromatic rings. The van der Waals surface area contributed by atoms with Gasteiger partial charge in [0.1, 0.15) is 0 Å². The number of halogens is 2. The summed E-state index contributed by atoms with van der Waals surface area (Å²) in [6, 6.07) is 7.48. The van der Waals surface area contributed by atoms with Crippen LogP contribution in [0, 0.1) is 11.3 Å². The van der Waals surface area contributed by atoms with E-state index in [2.05, 4.69) is 26.9 Å². The van der Waals surface area contributed by atoms with Gasteiger partial charge in [-0.25, -0.2) is 0 Å². The summed E-state index contributed by atoms with van der Waals surface area (Å²) in [7, 11) is 0. The van der Waals surface area contributed by atoms with Crippen molar-refractivity contribution >= 4 is 33.4 Å². The Morgan fingerprint density at radius 3 is 2.57 bits per heavy atom. The van der Waals surface area contributed by atoms with E-state index in [1.54, 1.807) is 18.2 Å². The van der Waals surface area contributed by atoms with E-state index < -0.39 is 0 Å². The molecule has 0 aliphatic carbocycles. The molecule has 0 N–H and O–H groups in total. The number of carbonyl (C=O) groups is 1. The number of nitrogens with zero attached hydrogens (tertiary/aromatic N) is 3. The molecule has 112 valence electrons. The normalized spacial score (nSPS) is 17.3. The highest BCUT2D eigenvalue weighted by Crippen LogP contribution is 2.21. The first-order valence-electron chi connectivity index (χ1n) is 6.94. The molecule has 1 amide bonds. The molecule has 1 aliphatic rings. The zero-order valence-electron chi connectivity index (χ0n) is 11.9. The Morgan fingerprint density at radius 1 is 1.38 bits per heavy atom. The zero-order chi connectivity index (χ0) is 15.4. The van der Waals surface area contributed by atoms with E-state index in [1.165, 1.54) is 0 Å². The highest BCUT2D eigenvalue weighted by atomic mass is 79.9. The van der Waals surface area contributed by atoms with Gasteiger partial charge in [0.2, 0.25) is 0 Å². The van der Waals surface area contributed by atoms with E-state index in [9.17, 15) is 4.79 Å². The van der Waals surface area contributed by atoms with Crippen molar-refractivity contribution in [1.82, 2.24) is 9.80 Å². The zero-order valence-corrected chi connectivity index (χ0v) is 14.2. The molecular weight excluding hydrogens is 354 g/mol. The largest absolute Gasteiger partial charge is 0.336 e. The maximum Gasteiger partial charge on any atom is 0.254 e. The van der Waals surface area contributed by atoms with Crippen molar-refractivity contribution in [2.75, 3.05) is 26.2 Å². The highest BCUT2D eigenvalue weighted by Gasteiger charge is 2.25. The third-order valence-electron chi connectivity index (χ3n) is 3.69. The first kappa shape index (κ1) is 16.3. The van der Waals surface area contributed by atoms with Crippen molar-refractivity contribution in [2.45, 2.75) is 19.4 Å². The fraction of sp³-hybridized carbons (Fsp3) is 0.467. The first-order valence-corrected chi connectivity index (χ1v) is 8.11. The lowest BCUT2D eigenvalue weighted by atomic mass is 10.1. The molecule has 1 fully saturated rings. The molecule has 0 radical (unpaired) electrons. The molecule has 0 bridgehead atoms. The maximum atomic E-state index is 12.5. The van der Waals surface area contributed by atoms with Crippen LogP contribution in [0.25, 0.3) is 0 Å². The minimum atomic E-state index is -0.0532. The minimum Gasteiger partial charge on any atom is -0.336 e. The average molecular weight is 371 g/mol. The van der Waals surface area contributed by atoms with Crippen molar-refractivity contribution in [3.8, 4) is 6.07 Å². The van der Waals surface area contributed by atoms with E-state index in [4.69, 9.17) is 16.9 Å².